The van der Waals surface area contributed by atoms with Gasteiger partial charge in [-0.1, -0.05) is 53.3 Å². The molecular formula is C29H38N2O4. The Bertz CT molecular complexity index is 1210. The molecule has 2 aromatic rings. The number of carboxylic acid groups (broad SMARTS) is 1. The number of aromatic nitrogens is 1. The predicted molar refractivity (Wildman–Crippen MR) is 142 cm³/mol. The molecule has 6 nitrogen and oxygen atoms in total. The van der Waals surface area contributed by atoms with Crippen molar-refractivity contribution in [3.63, 3.8) is 0 Å². The van der Waals surface area contributed by atoms with Gasteiger partial charge in [0, 0.05) is 31.4 Å². The van der Waals surface area contributed by atoms with E-state index in [0.717, 1.165) is 46.7 Å². The van der Waals surface area contributed by atoms with E-state index in [1.165, 1.54) is 12.3 Å². The quantitative estimate of drug-likeness (QED) is 0.575. The fourth-order valence-electron chi connectivity index (χ4n) is 4.69. The van der Waals surface area contributed by atoms with Crippen molar-refractivity contribution in [3.05, 3.63) is 75.7 Å². The molecule has 35 heavy (non-hydrogen) atoms. The van der Waals surface area contributed by atoms with Crippen molar-refractivity contribution in [1.29, 1.82) is 0 Å². The summed E-state index contributed by atoms with van der Waals surface area (Å²) in [6.07, 6.45) is 3.71. The first-order valence-electron chi connectivity index (χ1n) is 12.3. The fraction of sp³-hybridized carbons (Fsp3) is 0.448. The summed E-state index contributed by atoms with van der Waals surface area (Å²) in [5.74, 6) is -0.0485. The lowest BCUT2D eigenvalue weighted by atomic mass is 9.83. The number of hydrogen-bond acceptors (Lipinski definition) is 4. The number of hydrogen-bond donors (Lipinski definition) is 1. The maximum Gasteiger partial charge on any atom is 0.341 e. The van der Waals surface area contributed by atoms with Crippen LogP contribution in [-0.4, -0.2) is 41.2 Å². The van der Waals surface area contributed by atoms with Crippen molar-refractivity contribution < 1.29 is 14.6 Å². The lowest BCUT2D eigenvalue weighted by Gasteiger charge is -2.44. The first-order valence-corrected chi connectivity index (χ1v) is 12.3. The highest BCUT2D eigenvalue weighted by Crippen LogP contribution is 2.48. The zero-order chi connectivity index (χ0) is 26.1. The Kier molecular flexibility index (Phi) is 7.63. The Morgan fingerprint density at radius 2 is 1.83 bits per heavy atom. The van der Waals surface area contributed by atoms with Gasteiger partial charge in [0.1, 0.15) is 11.3 Å². The van der Waals surface area contributed by atoms with Crippen molar-refractivity contribution in [2.45, 2.75) is 53.5 Å². The molecule has 0 bridgehead atoms. The number of methoxy groups -OCH3 is 1. The zero-order valence-electron chi connectivity index (χ0n) is 22.0. The van der Waals surface area contributed by atoms with Gasteiger partial charge >= 0.3 is 5.97 Å². The molecule has 0 amide bonds. The van der Waals surface area contributed by atoms with Gasteiger partial charge in [-0.3, -0.25) is 4.79 Å². The Morgan fingerprint density at radius 3 is 2.37 bits per heavy atom. The SMILES string of the molecule is C=C(/C(=C1/c2cc(=O)c(C(=O)O)cn2[C@H](C(C)(C)C)CN1C)c1cccc(OC)c1)C1CC1.CC. The van der Waals surface area contributed by atoms with Gasteiger partial charge in [-0.15, -0.1) is 0 Å². The summed E-state index contributed by atoms with van der Waals surface area (Å²) in [5.41, 5.74) is 3.78. The van der Waals surface area contributed by atoms with Crippen molar-refractivity contribution >= 4 is 17.2 Å². The second-order valence-electron chi connectivity index (χ2n) is 10.2. The van der Waals surface area contributed by atoms with E-state index in [4.69, 9.17) is 4.74 Å². The number of likely N-dealkylation sites (N-methyl/N-ethyl adjacent to an activating group) is 1. The average molecular weight is 479 g/mol. The van der Waals surface area contributed by atoms with Gasteiger partial charge in [0.25, 0.3) is 0 Å². The topological polar surface area (TPSA) is 71.8 Å². The smallest absolute Gasteiger partial charge is 0.341 e. The predicted octanol–water partition coefficient (Wildman–Crippen LogP) is 5.95. The Balaban J connectivity index is 0.00000167. The zero-order valence-corrected chi connectivity index (χ0v) is 22.0. The van der Waals surface area contributed by atoms with E-state index in [-0.39, 0.29) is 17.0 Å². The minimum absolute atomic E-state index is 0.0132. The molecule has 1 fully saturated rings. The van der Waals surface area contributed by atoms with Gasteiger partial charge in [-0.05, 0) is 47.4 Å². The third-order valence-electron chi connectivity index (χ3n) is 6.70. The lowest BCUT2D eigenvalue weighted by molar-refractivity contribution is 0.0693. The van der Waals surface area contributed by atoms with E-state index < -0.39 is 11.4 Å². The number of ether oxygens (including phenoxy) is 1. The molecule has 1 N–H and O–H groups in total. The molecule has 188 valence electrons. The maximum absolute atomic E-state index is 12.8. The summed E-state index contributed by atoms with van der Waals surface area (Å²) < 4.78 is 7.47. The lowest BCUT2D eigenvalue weighted by Crippen LogP contribution is -2.42. The minimum Gasteiger partial charge on any atom is -0.497 e. The number of carboxylic acids is 1. The summed E-state index contributed by atoms with van der Waals surface area (Å²) >= 11 is 0. The highest BCUT2D eigenvalue weighted by atomic mass is 16.5. The van der Waals surface area contributed by atoms with E-state index >= 15 is 0 Å². The minimum atomic E-state index is -1.21. The molecular weight excluding hydrogens is 440 g/mol. The first kappa shape index (κ1) is 26.3. The van der Waals surface area contributed by atoms with Crippen LogP contribution in [0.2, 0.25) is 0 Å². The van der Waals surface area contributed by atoms with Gasteiger partial charge < -0.3 is 19.3 Å². The van der Waals surface area contributed by atoms with E-state index in [1.54, 1.807) is 7.11 Å². The van der Waals surface area contributed by atoms with Crippen molar-refractivity contribution in [3.8, 4) is 5.75 Å². The highest BCUT2D eigenvalue weighted by molar-refractivity contribution is 5.98. The molecule has 0 unspecified atom stereocenters. The summed E-state index contributed by atoms with van der Waals surface area (Å²) in [4.78, 5) is 26.8. The number of aromatic carboxylic acids is 1. The van der Waals surface area contributed by atoms with E-state index in [1.807, 2.05) is 49.7 Å². The summed E-state index contributed by atoms with van der Waals surface area (Å²) in [7, 11) is 3.68. The molecule has 0 saturated heterocycles. The molecule has 1 aromatic heterocycles. The van der Waals surface area contributed by atoms with E-state index in [2.05, 4.69) is 32.3 Å². The molecule has 0 spiro atoms. The van der Waals surface area contributed by atoms with Crippen LogP contribution in [0.1, 0.15) is 75.1 Å². The molecule has 1 saturated carbocycles. The van der Waals surface area contributed by atoms with Gasteiger partial charge in [-0.25, -0.2) is 4.79 Å². The Morgan fingerprint density at radius 1 is 1.17 bits per heavy atom. The second kappa shape index (κ2) is 10.1. The van der Waals surface area contributed by atoms with Crippen LogP contribution in [-0.2, 0) is 0 Å². The standard InChI is InChI=1S/C27H32N2O4.C2H6/c1-16(17-10-11-17)24(18-8-7-9-19(12-18)33-6)25-21-13-22(30)20(26(31)32)14-29(21)23(15-28(25)5)27(2,3)4;1-2/h7-9,12-14,17,23H,1,10-11,15H2,2-6H3,(H,31,32);1-2H3/b25-24+;/t23-;/m0./s1. The van der Waals surface area contributed by atoms with Gasteiger partial charge in [0.2, 0.25) is 0 Å². The largest absolute Gasteiger partial charge is 0.497 e. The Hall–Kier alpha value is -3.28. The molecule has 1 aliphatic carbocycles. The molecule has 0 radical (unpaired) electrons. The van der Waals surface area contributed by atoms with Gasteiger partial charge in [0.15, 0.2) is 5.43 Å². The first-order chi connectivity index (χ1) is 16.5. The average Bonchev–Trinajstić information content (AvgIpc) is 3.66. The number of fused-ring (bicyclic) bond motifs is 1. The number of carbonyl (C=O) groups is 1. The fourth-order valence-corrected chi connectivity index (χ4v) is 4.69. The molecule has 1 aliphatic heterocycles. The summed E-state index contributed by atoms with van der Waals surface area (Å²) in [6, 6.07) is 9.36. The second-order valence-corrected chi connectivity index (χ2v) is 10.2. The Labute approximate surface area is 208 Å². The van der Waals surface area contributed by atoms with Crippen LogP contribution in [0.3, 0.4) is 0 Å². The normalized spacial score (nSPS) is 18.7. The maximum atomic E-state index is 12.8. The summed E-state index contributed by atoms with van der Waals surface area (Å²) in [5, 5.41) is 9.62. The molecule has 1 atom stereocenters. The van der Waals surface area contributed by atoms with Crippen LogP contribution in [0.4, 0.5) is 0 Å². The van der Waals surface area contributed by atoms with Crippen LogP contribution in [0, 0.1) is 11.3 Å². The van der Waals surface area contributed by atoms with Crippen molar-refractivity contribution in [2.75, 3.05) is 20.7 Å². The number of allylic oxidation sites excluding steroid dienone is 2. The number of pyridine rings is 1. The monoisotopic (exact) mass is 478 g/mol. The summed E-state index contributed by atoms with van der Waals surface area (Å²) in [6.45, 7) is 15.5. The van der Waals surface area contributed by atoms with Crippen molar-refractivity contribution in [2.24, 2.45) is 11.3 Å². The molecule has 6 heteroatoms. The highest BCUT2D eigenvalue weighted by Gasteiger charge is 2.38. The van der Waals surface area contributed by atoms with E-state index in [9.17, 15) is 14.7 Å². The number of nitrogens with zero attached hydrogens (tertiary/aromatic N) is 2. The third kappa shape index (κ3) is 5.21. The molecule has 2 heterocycles. The van der Waals surface area contributed by atoms with E-state index in [0.29, 0.717) is 12.5 Å². The number of rotatable bonds is 5. The van der Waals surface area contributed by atoms with Crippen LogP contribution in [0.15, 0.2) is 53.5 Å². The van der Waals surface area contributed by atoms with Crippen LogP contribution < -0.4 is 10.2 Å². The van der Waals surface area contributed by atoms with Crippen LogP contribution in [0.5, 0.6) is 5.75 Å². The molecule has 4 rings (SSSR count). The van der Waals surface area contributed by atoms with Gasteiger partial charge in [-0.2, -0.15) is 0 Å². The van der Waals surface area contributed by atoms with Crippen LogP contribution in [0.25, 0.3) is 11.3 Å². The number of benzene rings is 1. The van der Waals surface area contributed by atoms with Gasteiger partial charge in [0.05, 0.1) is 24.5 Å². The third-order valence-corrected chi connectivity index (χ3v) is 6.70. The molecule has 1 aromatic carbocycles. The van der Waals surface area contributed by atoms with Crippen molar-refractivity contribution in [1.82, 2.24) is 9.47 Å². The molecule has 2 aliphatic rings. The van der Waals surface area contributed by atoms with Crippen LogP contribution >= 0.6 is 0 Å².